The smallest absolute Gasteiger partial charge is 0.251 e. The third-order valence-electron chi connectivity index (χ3n) is 5.23. The van der Waals surface area contributed by atoms with E-state index in [0.717, 1.165) is 34.4 Å². The van der Waals surface area contributed by atoms with Crippen LogP contribution in [0.3, 0.4) is 0 Å². The summed E-state index contributed by atoms with van der Waals surface area (Å²) in [6.07, 6.45) is 2.66. The van der Waals surface area contributed by atoms with Crippen LogP contribution in [-0.2, 0) is 0 Å². The van der Waals surface area contributed by atoms with E-state index in [0.29, 0.717) is 5.56 Å². The summed E-state index contributed by atoms with van der Waals surface area (Å²) in [4.78, 5) is 17.4. The summed E-state index contributed by atoms with van der Waals surface area (Å²) >= 11 is 0. The van der Waals surface area contributed by atoms with Crippen LogP contribution in [0.4, 0.5) is 0 Å². The standard InChI is InChI=1S/C25H28N2O/c1-6-25(4,5)27-24(28)22-15-20(19-11-9-17(2)10-12-19)14-21(16-22)23-8-7-13-26-18(23)3/h7-16H,6H2,1-5H3,(H,27,28). The highest BCUT2D eigenvalue weighted by molar-refractivity contribution is 5.97. The average molecular weight is 373 g/mol. The van der Waals surface area contributed by atoms with E-state index < -0.39 is 0 Å². The van der Waals surface area contributed by atoms with Crippen LogP contribution in [0.15, 0.2) is 60.8 Å². The highest BCUT2D eigenvalue weighted by atomic mass is 16.1. The fourth-order valence-corrected chi connectivity index (χ4v) is 3.08. The molecule has 0 bridgehead atoms. The summed E-state index contributed by atoms with van der Waals surface area (Å²) in [6.45, 7) is 10.2. The minimum Gasteiger partial charge on any atom is -0.347 e. The summed E-state index contributed by atoms with van der Waals surface area (Å²) in [5.74, 6) is -0.0522. The van der Waals surface area contributed by atoms with Crippen LogP contribution in [0.1, 0.15) is 48.8 Å². The second-order valence-electron chi connectivity index (χ2n) is 7.99. The van der Waals surface area contributed by atoms with Gasteiger partial charge in [-0.15, -0.1) is 0 Å². The molecule has 3 rings (SSSR count). The summed E-state index contributed by atoms with van der Waals surface area (Å²) in [5, 5.41) is 3.15. The molecule has 0 radical (unpaired) electrons. The second kappa shape index (κ2) is 7.97. The van der Waals surface area contributed by atoms with Crippen molar-refractivity contribution in [3.05, 3.63) is 77.6 Å². The van der Waals surface area contributed by atoms with Crippen LogP contribution in [0.2, 0.25) is 0 Å². The summed E-state index contributed by atoms with van der Waals surface area (Å²) < 4.78 is 0. The molecule has 2 aromatic carbocycles. The van der Waals surface area contributed by atoms with Gasteiger partial charge in [0.05, 0.1) is 0 Å². The predicted molar refractivity (Wildman–Crippen MR) is 116 cm³/mol. The van der Waals surface area contributed by atoms with E-state index in [2.05, 4.69) is 54.5 Å². The van der Waals surface area contributed by atoms with E-state index in [-0.39, 0.29) is 11.4 Å². The fraction of sp³-hybridized carbons (Fsp3) is 0.280. The molecular weight excluding hydrogens is 344 g/mol. The Morgan fingerprint density at radius 2 is 1.64 bits per heavy atom. The number of carbonyl (C=O) groups excluding carboxylic acids is 1. The lowest BCUT2D eigenvalue weighted by Crippen LogP contribution is -2.42. The maximum atomic E-state index is 13.0. The van der Waals surface area contributed by atoms with Gasteiger partial charge in [0.1, 0.15) is 0 Å². The van der Waals surface area contributed by atoms with Crippen molar-refractivity contribution in [2.24, 2.45) is 0 Å². The van der Waals surface area contributed by atoms with Gasteiger partial charge >= 0.3 is 0 Å². The molecule has 3 heteroatoms. The molecule has 0 unspecified atom stereocenters. The molecule has 0 saturated heterocycles. The van der Waals surface area contributed by atoms with Crippen LogP contribution < -0.4 is 5.32 Å². The number of nitrogens with one attached hydrogen (secondary N) is 1. The van der Waals surface area contributed by atoms with Gasteiger partial charge in [-0.05, 0) is 75.1 Å². The number of pyridine rings is 1. The van der Waals surface area contributed by atoms with Gasteiger partial charge in [0.15, 0.2) is 0 Å². The minimum absolute atomic E-state index is 0.0522. The molecule has 0 atom stereocenters. The lowest BCUT2D eigenvalue weighted by molar-refractivity contribution is 0.0911. The first kappa shape index (κ1) is 19.8. The molecule has 0 fully saturated rings. The van der Waals surface area contributed by atoms with Gasteiger partial charge in [-0.25, -0.2) is 0 Å². The molecule has 3 nitrogen and oxygen atoms in total. The maximum Gasteiger partial charge on any atom is 0.251 e. The SMILES string of the molecule is CCC(C)(C)NC(=O)c1cc(-c2ccc(C)cc2)cc(-c2cccnc2C)c1. The Kier molecular flexibility index (Phi) is 5.64. The largest absolute Gasteiger partial charge is 0.347 e. The van der Waals surface area contributed by atoms with Crippen molar-refractivity contribution >= 4 is 5.91 Å². The maximum absolute atomic E-state index is 13.0. The number of nitrogens with zero attached hydrogens (tertiary/aromatic N) is 1. The molecule has 0 saturated carbocycles. The Morgan fingerprint density at radius 3 is 2.29 bits per heavy atom. The Balaban J connectivity index is 2.12. The fourth-order valence-electron chi connectivity index (χ4n) is 3.08. The lowest BCUT2D eigenvalue weighted by atomic mass is 9.94. The topological polar surface area (TPSA) is 42.0 Å². The van der Waals surface area contributed by atoms with Crippen LogP contribution in [0.5, 0.6) is 0 Å². The van der Waals surface area contributed by atoms with Gasteiger partial charge in [-0.3, -0.25) is 9.78 Å². The highest BCUT2D eigenvalue weighted by Crippen LogP contribution is 2.30. The number of aryl methyl sites for hydroxylation is 2. The van der Waals surface area contributed by atoms with Crippen molar-refractivity contribution in [1.29, 1.82) is 0 Å². The van der Waals surface area contributed by atoms with E-state index in [1.807, 2.05) is 45.0 Å². The minimum atomic E-state index is -0.249. The molecule has 28 heavy (non-hydrogen) atoms. The van der Waals surface area contributed by atoms with E-state index in [4.69, 9.17) is 0 Å². The highest BCUT2D eigenvalue weighted by Gasteiger charge is 2.20. The summed E-state index contributed by atoms with van der Waals surface area (Å²) in [5.41, 5.74) is 6.75. The van der Waals surface area contributed by atoms with Crippen molar-refractivity contribution in [2.45, 2.75) is 46.6 Å². The van der Waals surface area contributed by atoms with E-state index >= 15 is 0 Å². The number of carbonyl (C=O) groups is 1. The molecule has 0 aliphatic heterocycles. The molecule has 0 spiro atoms. The number of aromatic nitrogens is 1. The normalized spacial score (nSPS) is 11.3. The van der Waals surface area contributed by atoms with E-state index in [1.165, 1.54) is 5.56 Å². The third kappa shape index (κ3) is 4.48. The number of amides is 1. The number of benzene rings is 2. The van der Waals surface area contributed by atoms with Gasteiger partial charge in [0.2, 0.25) is 0 Å². The molecule has 1 amide bonds. The molecule has 144 valence electrons. The van der Waals surface area contributed by atoms with Gasteiger partial charge < -0.3 is 5.32 Å². The Labute approximate surface area is 167 Å². The first-order valence-corrected chi connectivity index (χ1v) is 9.76. The lowest BCUT2D eigenvalue weighted by Gasteiger charge is -2.25. The zero-order chi connectivity index (χ0) is 20.3. The molecular formula is C25H28N2O. The van der Waals surface area contributed by atoms with Crippen LogP contribution in [0.25, 0.3) is 22.3 Å². The molecule has 0 aliphatic carbocycles. The van der Waals surface area contributed by atoms with Crippen LogP contribution in [-0.4, -0.2) is 16.4 Å². The summed E-state index contributed by atoms with van der Waals surface area (Å²) in [7, 11) is 0. The molecule has 1 N–H and O–H groups in total. The van der Waals surface area contributed by atoms with Crippen molar-refractivity contribution in [1.82, 2.24) is 10.3 Å². The van der Waals surface area contributed by atoms with Crippen LogP contribution >= 0.6 is 0 Å². The third-order valence-corrected chi connectivity index (χ3v) is 5.23. The van der Waals surface area contributed by atoms with Crippen LogP contribution in [0, 0.1) is 13.8 Å². The predicted octanol–water partition coefficient (Wildman–Crippen LogP) is 5.95. The zero-order valence-electron chi connectivity index (χ0n) is 17.3. The Bertz CT molecular complexity index is 988. The van der Waals surface area contributed by atoms with Crippen molar-refractivity contribution in [3.8, 4) is 22.3 Å². The van der Waals surface area contributed by atoms with Gasteiger partial charge in [0.25, 0.3) is 5.91 Å². The quantitative estimate of drug-likeness (QED) is 0.601. The zero-order valence-corrected chi connectivity index (χ0v) is 17.3. The molecule has 3 aromatic rings. The Hall–Kier alpha value is -2.94. The first-order chi connectivity index (χ1) is 13.3. The molecule has 1 heterocycles. The van der Waals surface area contributed by atoms with Gasteiger partial charge in [-0.1, -0.05) is 42.8 Å². The van der Waals surface area contributed by atoms with Crippen molar-refractivity contribution in [2.75, 3.05) is 0 Å². The summed E-state index contributed by atoms with van der Waals surface area (Å²) in [6, 6.07) is 18.4. The molecule has 0 aliphatic rings. The van der Waals surface area contributed by atoms with Crippen molar-refractivity contribution in [3.63, 3.8) is 0 Å². The first-order valence-electron chi connectivity index (χ1n) is 9.76. The second-order valence-corrected chi connectivity index (χ2v) is 7.99. The average Bonchev–Trinajstić information content (AvgIpc) is 2.68. The van der Waals surface area contributed by atoms with E-state index in [9.17, 15) is 4.79 Å². The Morgan fingerprint density at radius 1 is 0.964 bits per heavy atom. The number of rotatable bonds is 5. The van der Waals surface area contributed by atoms with E-state index in [1.54, 1.807) is 6.20 Å². The van der Waals surface area contributed by atoms with Crippen molar-refractivity contribution < 1.29 is 4.79 Å². The molecule has 1 aromatic heterocycles. The van der Waals surface area contributed by atoms with Gasteiger partial charge in [-0.2, -0.15) is 0 Å². The monoisotopic (exact) mass is 372 g/mol. The van der Waals surface area contributed by atoms with Gasteiger partial charge in [0, 0.05) is 28.6 Å². The number of hydrogen-bond donors (Lipinski definition) is 1. The number of hydrogen-bond acceptors (Lipinski definition) is 2.